The van der Waals surface area contributed by atoms with Gasteiger partial charge in [-0.25, -0.2) is 4.98 Å². The Labute approximate surface area is 139 Å². The van der Waals surface area contributed by atoms with Crippen molar-refractivity contribution in [3.8, 4) is 0 Å². The van der Waals surface area contributed by atoms with E-state index in [9.17, 15) is 0 Å². The molecule has 1 heterocycles. The van der Waals surface area contributed by atoms with Gasteiger partial charge in [0.25, 0.3) is 0 Å². The highest BCUT2D eigenvalue weighted by atomic mass is 32.1. The quantitative estimate of drug-likeness (QED) is 0.430. The van der Waals surface area contributed by atoms with Crippen molar-refractivity contribution in [2.45, 2.75) is 0 Å². The van der Waals surface area contributed by atoms with E-state index >= 15 is 0 Å². The maximum absolute atomic E-state index is 4.84. The largest absolute Gasteiger partial charge is 0.236 e. The Bertz CT molecular complexity index is 920. The topological polar surface area (TPSA) is 12.9 Å². The van der Waals surface area contributed by atoms with E-state index in [2.05, 4.69) is 72.8 Å². The highest BCUT2D eigenvalue weighted by molar-refractivity contribution is 7.19. The van der Waals surface area contributed by atoms with Gasteiger partial charge in [0.2, 0.25) is 0 Å². The molecule has 0 amide bonds. The summed E-state index contributed by atoms with van der Waals surface area (Å²) in [5.74, 6) is 0. The monoisotopic (exact) mass is 313 g/mol. The minimum absolute atomic E-state index is 1.06. The van der Waals surface area contributed by atoms with Crippen molar-refractivity contribution in [3.63, 3.8) is 0 Å². The number of fused-ring (bicyclic) bond motifs is 1. The zero-order valence-electron chi connectivity index (χ0n) is 12.5. The minimum Gasteiger partial charge on any atom is -0.236 e. The summed E-state index contributed by atoms with van der Waals surface area (Å²) >= 11 is 1.74. The van der Waals surface area contributed by atoms with Crippen LogP contribution in [0.2, 0.25) is 0 Å². The van der Waals surface area contributed by atoms with E-state index in [1.165, 1.54) is 15.8 Å². The van der Waals surface area contributed by atoms with Crippen LogP contribution in [0.15, 0.2) is 84.9 Å². The van der Waals surface area contributed by atoms with Crippen molar-refractivity contribution in [1.82, 2.24) is 4.98 Å². The Hall–Kier alpha value is -2.71. The molecule has 110 valence electrons. The number of thiazole rings is 1. The molecule has 0 fully saturated rings. The first-order valence-electron chi connectivity index (χ1n) is 7.58. The molecule has 0 spiro atoms. The zero-order valence-corrected chi connectivity index (χ0v) is 13.3. The summed E-state index contributed by atoms with van der Waals surface area (Å²) in [6.45, 7) is 0. The van der Waals surface area contributed by atoms with Crippen LogP contribution in [0.25, 0.3) is 21.9 Å². The van der Waals surface area contributed by atoms with E-state index in [1.54, 1.807) is 11.3 Å². The van der Waals surface area contributed by atoms with Crippen LogP contribution in [0.3, 0.4) is 0 Å². The highest BCUT2D eigenvalue weighted by Crippen LogP contribution is 2.32. The summed E-state index contributed by atoms with van der Waals surface area (Å²) in [5, 5.41) is 1.06. The average Bonchev–Trinajstić information content (AvgIpc) is 3.05. The normalized spacial score (nSPS) is 11.7. The molecule has 0 radical (unpaired) electrons. The van der Waals surface area contributed by atoms with E-state index in [0.29, 0.717) is 0 Å². The highest BCUT2D eigenvalue weighted by Gasteiger charge is 2.11. The van der Waals surface area contributed by atoms with Crippen molar-refractivity contribution in [1.29, 1.82) is 0 Å². The summed E-state index contributed by atoms with van der Waals surface area (Å²) < 4.78 is 1.22. The lowest BCUT2D eigenvalue weighted by Crippen LogP contribution is -1.87. The third-order valence-electron chi connectivity index (χ3n) is 3.72. The van der Waals surface area contributed by atoms with Gasteiger partial charge in [0.1, 0.15) is 5.01 Å². The van der Waals surface area contributed by atoms with Crippen molar-refractivity contribution >= 4 is 33.2 Å². The first-order chi connectivity index (χ1) is 11.4. The average molecular weight is 313 g/mol. The van der Waals surface area contributed by atoms with Gasteiger partial charge < -0.3 is 0 Å². The lowest BCUT2D eigenvalue weighted by Gasteiger charge is -2.05. The van der Waals surface area contributed by atoms with Crippen molar-refractivity contribution in [3.05, 3.63) is 101 Å². The Morgan fingerprint density at radius 2 is 1.39 bits per heavy atom. The maximum Gasteiger partial charge on any atom is 0.125 e. The molecule has 4 rings (SSSR count). The van der Waals surface area contributed by atoms with E-state index in [1.807, 2.05) is 18.2 Å². The minimum atomic E-state index is 1.06. The summed E-state index contributed by atoms with van der Waals surface area (Å²) in [4.78, 5) is 4.84. The van der Waals surface area contributed by atoms with Crippen LogP contribution in [0, 0.1) is 0 Å². The van der Waals surface area contributed by atoms with Crippen LogP contribution in [0.1, 0.15) is 16.1 Å². The second kappa shape index (κ2) is 6.19. The number of benzene rings is 3. The molecule has 23 heavy (non-hydrogen) atoms. The van der Waals surface area contributed by atoms with Crippen LogP contribution in [-0.2, 0) is 0 Å². The number of hydrogen-bond acceptors (Lipinski definition) is 2. The van der Waals surface area contributed by atoms with E-state index in [0.717, 1.165) is 16.1 Å². The SMILES string of the molecule is C(=C(c1ccccc1)c1nc2ccccc2s1)c1ccccc1. The van der Waals surface area contributed by atoms with Gasteiger partial charge in [-0.1, -0.05) is 72.8 Å². The molecule has 0 aliphatic heterocycles. The number of rotatable bonds is 3. The molecular weight excluding hydrogens is 298 g/mol. The molecule has 0 N–H and O–H groups in total. The van der Waals surface area contributed by atoms with Crippen LogP contribution in [0.4, 0.5) is 0 Å². The predicted molar refractivity (Wildman–Crippen MR) is 99.5 cm³/mol. The Morgan fingerprint density at radius 1 is 0.739 bits per heavy atom. The van der Waals surface area contributed by atoms with Crippen LogP contribution in [0.5, 0.6) is 0 Å². The number of aromatic nitrogens is 1. The van der Waals surface area contributed by atoms with Gasteiger partial charge in [0.05, 0.1) is 10.2 Å². The van der Waals surface area contributed by atoms with Gasteiger partial charge in [-0.2, -0.15) is 0 Å². The third kappa shape index (κ3) is 2.94. The van der Waals surface area contributed by atoms with Crippen LogP contribution < -0.4 is 0 Å². The molecule has 0 aliphatic rings. The maximum atomic E-state index is 4.84. The summed E-state index contributed by atoms with van der Waals surface area (Å²) in [7, 11) is 0. The zero-order chi connectivity index (χ0) is 15.5. The molecule has 0 atom stereocenters. The fourth-order valence-electron chi connectivity index (χ4n) is 2.59. The molecule has 0 bridgehead atoms. The first kappa shape index (κ1) is 13.9. The molecule has 0 aliphatic carbocycles. The lowest BCUT2D eigenvalue weighted by molar-refractivity contribution is 1.43. The molecule has 2 heteroatoms. The summed E-state index contributed by atoms with van der Waals surface area (Å²) in [5.41, 5.74) is 4.60. The first-order valence-corrected chi connectivity index (χ1v) is 8.40. The predicted octanol–water partition coefficient (Wildman–Crippen LogP) is 5.89. The fourth-order valence-corrected chi connectivity index (χ4v) is 3.59. The Kier molecular flexibility index (Phi) is 3.75. The number of nitrogens with zero attached hydrogens (tertiary/aromatic N) is 1. The second-order valence-electron chi connectivity index (χ2n) is 5.32. The molecule has 0 unspecified atom stereocenters. The van der Waals surface area contributed by atoms with Gasteiger partial charge in [-0.05, 0) is 29.3 Å². The van der Waals surface area contributed by atoms with Gasteiger partial charge in [-0.15, -0.1) is 11.3 Å². The van der Waals surface area contributed by atoms with Crippen molar-refractivity contribution in [2.24, 2.45) is 0 Å². The van der Waals surface area contributed by atoms with Crippen LogP contribution in [-0.4, -0.2) is 4.98 Å². The van der Waals surface area contributed by atoms with Gasteiger partial charge in [0, 0.05) is 5.57 Å². The number of hydrogen-bond donors (Lipinski definition) is 0. The lowest BCUT2D eigenvalue weighted by atomic mass is 10.0. The molecule has 1 aromatic heterocycles. The van der Waals surface area contributed by atoms with Crippen LogP contribution >= 0.6 is 11.3 Å². The fraction of sp³-hybridized carbons (Fsp3) is 0. The molecule has 1 nitrogen and oxygen atoms in total. The molecule has 3 aromatic carbocycles. The number of para-hydroxylation sites is 1. The molecular formula is C21H15NS. The third-order valence-corrected chi connectivity index (χ3v) is 4.79. The van der Waals surface area contributed by atoms with Gasteiger partial charge in [-0.3, -0.25) is 0 Å². The smallest absolute Gasteiger partial charge is 0.125 e. The van der Waals surface area contributed by atoms with Crippen molar-refractivity contribution in [2.75, 3.05) is 0 Å². The molecule has 0 saturated carbocycles. The van der Waals surface area contributed by atoms with E-state index in [-0.39, 0.29) is 0 Å². The second-order valence-corrected chi connectivity index (χ2v) is 6.35. The Balaban J connectivity index is 1.90. The van der Waals surface area contributed by atoms with Gasteiger partial charge in [0.15, 0.2) is 0 Å². The summed E-state index contributed by atoms with van der Waals surface area (Å²) in [6.07, 6.45) is 2.22. The van der Waals surface area contributed by atoms with E-state index < -0.39 is 0 Å². The summed E-state index contributed by atoms with van der Waals surface area (Å²) in [6, 6.07) is 29.2. The molecule has 4 aromatic rings. The van der Waals surface area contributed by atoms with Crippen molar-refractivity contribution < 1.29 is 0 Å². The van der Waals surface area contributed by atoms with Gasteiger partial charge >= 0.3 is 0 Å². The standard InChI is InChI=1S/C21H15NS/c1-3-9-16(10-4-1)15-18(17-11-5-2-6-12-17)21-22-19-13-7-8-14-20(19)23-21/h1-15H. The van der Waals surface area contributed by atoms with E-state index in [4.69, 9.17) is 4.98 Å². The Morgan fingerprint density at radius 3 is 2.13 bits per heavy atom. The molecule has 0 saturated heterocycles.